The quantitative estimate of drug-likeness (QED) is 0.779. The Labute approximate surface area is 144 Å². The summed E-state index contributed by atoms with van der Waals surface area (Å²) in [5.74, 6) is 0. The van der Waals surface area contributed by atoms with Crippen LogP contribution in [0.15, 0.2) is 60.0 Å². The van der Waals surface area contributed by atoms with E-state index in [4.69, 9.17) is 0 Å². The third-order valence-electron chi connectivity index (χ3n) is 3.94. The van der Waals surface area contributed by atoms with E-state index in [1.165, 1.54) is 21.0 Å². The van der Waals surface area contributed by atoms with E-state index in [0.717, 1.165) is 5.69 Å². The maximum atomic E-state index is 12.4. The van der Waals surface area contributed by atoms with Crippen LogP contribution in [0, 0.1) is 13.8 Å². The topological polar surface area (TPSA) is 49.4 Å². The molecule has 0 fully saturated rings. The molecule has 0 aliphatic heterocycles. The molecule has 0 heterocycles. The molecule has 0 bridgehead atoms. The van der Waals surface area contributed by atoms with E-state index >= 15 is 0 Å². The number of aryl methyl sites for hydroxylation is 2. The molecule has 0 aliphatic rings. The molecule has 0 aromatic heterocycles. The van der Waals surface area contributed by atoms with Gasteiger partial charge in [0.2, 0.25) is 10.0 Å². The fourth-order valence-corrected chi connectivity index (χ4v) is 3.53. The summed E-state index contributed by atoms with van der Waals surface area (Å²) in [6, 6.07) is 13.2. The number of nitrogens with one attached hydrogen (secondary N) is 1. The first-order valence-electron chi connectivity index (χ1n) is 7.82. The van der Waals surface area contributed by atoms with Crippen LogP contribution in [0.4, 0.5) is 5.69 Å². The molecule has 2 rings (SSSR count). The third kappa shape index (κ3) is 4.24. The maximum Gasteiger partial charge on any atom is 0.243 e. The Kier molecular flexibility index (Phi) is 5.80. The average molecular weight is 344 g/mol. The molecule has 24 heavy (non-hydrogen) atoms. The van der Waals surface area contributed by atoms with Crippen LogP contribution in [0.3, 0.4) is 0 Å². The van der Waals surface area contributed by atoms with E-state index in [9.17, 15) is 8.42 Å². The summed E-state index contributed by atoms with van der Waals surface area (Å²) in [5, 5.41) is 3.34. The Hall–Kier alpha value is -2.11. The van der Waals surface area contributed by atoms with Crippen LogP contribution in [-0.2, 0) is 16.6 Å². The van der Waals surface area contributed by atoms with Crippen LogP contribution in [0.25, 0.3) is 0 Å². The van der Waals surface area contributed by atoms with Gasteiger partial charge in [-0.3, -0.25) is 0 Å². The van der Waals surface area contributed by atoms with Crippen molar-refractivity contribution in [3.63, 3.8) is 0 Å². The molecule has 0 amide bonds. The molecule has 0 saturated carbocycles. The number of hydrogen-bond acceptors (Lipinski definition) is 3. The molecule has 1 N–H and O–H groups in total. The van der Waals surface area contributed by atoms with Gasteiger partial charge in [0, 0.05) is 25.8 Å². The van der Waals surface area contributed by atoms with Crippen LogP contribution in [-0.4, -0.2) is 26.3 Å². The Bertz CT molecular complexity index is 812. The highest BCUT2D eigenvalue weighted by Gasteiger charge is 2.19. The monoisotopic (exact) mass is 344 g/mol. The number of nitrogens with zero attached hydrogens (tertiary/aromatic N) is 1. The number of hydrogen-bond donors (Lipinski definition) is 1. The highest BCUT2D eigenvalue weighted by molar-refractivity contribution is 7.89. The predicted molar refractivity (Wildman–Crippen MR) is 99.7 cm³/mol. The van der Waals surface area contributed by atoms with Gasteiger partial charge in [-0.15, -0.1) is 6.58 Å². The van der Waals surface area contributed by atoms with Crippen molar-refractivity contribution in [3.8, 4) is 0 Å². The zero-order chi connectivity index (χ0) is 17.7. The summed E-state index contributed by atoms with van der Waals surface area (Å²) < 4.78 is 26.0. The fourth-order valence-electron chi connectivity index (χ4n) is 2.39. The second kappa shape index (κ2) is 7.64. The highest BCUT2D eigenvalue weighted by Crippen LogP contribution is 2.19. The molecule has 0 unspecified atom stereocenters. The molecule has 2 aromatic carbocycles. The van der Waals surface area contributed by atoms with Crippen molar-refractivity contribution < 1.29 is 8.42 Å². The molecule has 4 nitrogen and oxygen atoms in total. The first kappa shape index (κ1) is 18.2. The summed E-state index contributed by atoms with van der Waals surface area (Å²) >= 11 is 0. The molecule has 5 heteroatoms. The Balaban J connectivity index is 2.10. The molecule has 2 aromatic rings. The SMILES string of the molecule is C=CCN(C)S(=O)(=O)c1ccc(NCc2cc(C)ccc2C)cc1. The van der Waals surface area contributed by atoms with Crippen LogP contribution in [0.2, 0.25) is 0 Å². The largest absolute Gasteiger partial charge is 0.381 e. The lowest BCUT2D eigenvalue weighted by atomic mass is 10.1. The summed E-state index contributed by atoms with van der Waals surface area (Å²) in [5.41, 5.74) is 4.58. The van der Waals surface area contributed by atoms with Gasteiger partial charge in [-0.25, -0.2) is 8.42 Å². The minimum Gasteiger partial charge on any atom is -0.381 e. The average Bonchev–Trinajstić information content (AvgIpc) is 2.56. The van der Waals surface area contributed by atoms with Crippen molar-refractivity contribution in [2.45, 2.75) is 25.3 Å². The lowest BCUT2D eigenvalue weighted by molar-refractivity contribution is 0.499. The Morgan fingerprint density at radius 3 is 2.42 bits per heavy atom. The number of anilines is 1. The standard InChI is InChI=1S/C19H24N2O2S/c1-5-12-21(4)24(22,23)19-10-8-18(9-11-19)20-14-17-13-15(2)6-7-16(17)3/h5-11,13,20H,1,12,14H2,2-4H3. The zero-order valence-electron chi connectivity index (χ0n) is 14.4. The van der Waals surface area contributed by atoms with Gasteiger partial charge in [-0.1, -0.05) is 29.8 Å². The number of sulfonamides is 1. The lowest BCUT2D eigenvalue weighted by Gasteiger charge is -2.15. The second-order valence-corrected chi connectivity index (χ2v) is 7.93. The van der Waals surface area contributed by atoms with Gasteiger partial charge in [-0.05, 0) is 49.2 Å². The van der Waals surface area contributed by atoms with Gasteiger partial charge in [0.25, 0.3) is 0 Å². The lowest BCUT2D eigenvalue weighted by Crippen LogP contribution is -2.26. The van der Waals surface area contributed by atoms with Crippen molar-refractivity contribution in [3.05, 3.63) is 71.8 Å². The minimum atomic E-state index is -3.46. The van der Waals surface area contributed by atoms with Gasteiger partial charge in [-0.2, -0.15) is 4.31 Å². The van der Waals surface area contributed by atoms with Crippen molar-refractivity contribution in [1.82, 2.24) is 4.31 Å². The van der Waals surface area contributed by atoms with Crippen LogP contribution in [0.5, 0.6) is 0 Å². The second-order valence-electron chi connectivity index (χ2n) is 5.88. The van der Waals surface area contributed by atoms with E-state index in [1.54, 1.807) is 37.4 Å². The van der Waals surface area contributed by atoms with Crippen LogP contribution >= 0.6 is 0 Å². The summed E-state index contributed by atoms with van der Waals surface area (Å²) in [6.07, 6.45) is 1.57. The van der Waals surface area contributed by atoms with E-state index in [2.05, 4.69) is 43.9 Å². The summed E-state index contributed by atoms with van der Waals surface area (Å²) in [4.78, 5) is 0.282. The molecular formula is C19H24N2O2S. The fraction of sp³-hybridized carbons (Fsp3) is 0.263. The van der Waals surface area contributed by atoms with Crippen molar-refractivity contribution in [1.29, 1.82) is 0 Å². The molecular weight excluding hydrogens is 320 g/mol. The number of likely N-dealkylation sites (N-methyl/N-ethyl adjacent to an activating group) is 1. The van der Waals surface area contributed by atoms with Gasteiger partial charge in [0.15, 0.2) is 0 Å². The highest BCUT2D eigenvalue weighted by atomic mass is 32.2. The Morgan fingerprint density at radius 1 is 1.12 bits per heavy atom. The summed E-state index contributed by atoms with van der Waals surface area (Å²) in [6.45, 7) is 8.72. The minimum absolute atomic E-state index is 0.282. The number of rotatable bonds is 7. The van der Waals surface area contributed by atoms with E-state index < -0.39 is 10.0 Å². The molecule has 0 aliphatic carbocycles. The van der Waals surface area contributed by atoms with E-state index in [1.807, 2.05) is 0 Å². The first-order chi connectivity index (χ1) is 11.3. The van der Waals surface area contributed by atoms with Gasteiger partial charge >= 0.3 is 0 Å². The van der Waals surface area contributed by atoms with Gasteiger partial charge < -0.3 is 5.32 Å². The molecule has 0 saturated heterocycles. The molecule has 128 valence electrons. The molecule has 0 atom stereocenters. The normalized spacial score (nSPS) is 11.5. The third-order valence-corrected chi connectivity index (χ3v) is 5.77. The maximum absolute atomic E-state index is 12.4. The predicted octanol–water partition coefficient (Wildman–Crippen LogP) is 3.72. The van der Waals surface area contributed by atoms with E-state index in [-0.39, 0.29) is 11.4 Å². The van der Waals surface area contributed by atoms with Gasteiger partial charge in [0.1, 0.15) is 0 Å². The van der Waals surface area contributed by atoms with Crippen LogP contribution < -0.4 is 5.32 Å². The van der Waals surface area contributed by atoms with Crippen molar-refractivity contribution in [2.75, 3.05) is 18.9 Å². The Morgan fingerprint density at radius 2 is 1.79 bits per heavy atom. The smallest absolute Gasteiger partial charge is 0.243 e. The van der Waals surface area contributed by atoms with E-state index in [0.29, 0.717) is 6.54 Å². The van der Waals surface area contributed by atoms with Crippen LogP contribution in [0.1, 0.15) is 16.7 Å². The molecule has 0 spiro atoms. The van der Waals surface area contributed by atoms with Crippen molar-refractivity contribution in [2.24, 2.45) is 0 Å². The molecule has 0 radical (unpaired) electrons. The zero-order valence-corrected chi connectivity index (χ0v) is 15.2. The first-order valence-corrected chi connectivity index (χ1v) is 9.26. The van der Waals surface area contributed by atoms with Crippen molar-refractivity contribution >= 4 is 15.7 Å². The van der Waals surface area contributed by atoms with Gasteiger partial charge in [0.05, 0.1) is 4.90 Å². The number of benzene rings is 2. The summed E-state index contributed by atoms with van der Waals surface area (Å²) in [7, 11) is -1.92.